The fraction of sp³-hybridized carbons (Fsp3) is 0. The normalized spacial score (nSPS) is 10.4. The monoisotopic (exact) mass is 228 g/mol. The summed E-state index contributed by atoms with van der Waals surface area (Å²) in [6.07, 6.45) is 1.57. The van der Waals surface area contributed by atoms with Crippen LogP contribution in [0, 0.1) is 0 Å². The number of halogens is 2. The van der Waals surface area contributed by atoms with Crippen molar-refractivity contribution in [2.45, 2.75) is 0 Å². The molecular formula is C9H6Cl2N2O. The SMILES string of the molecule is O=c1[nH]cc(-c2ccc(Cl)cc2Cl)[nH]1. The van der Waals surface area contributed by atoms with E-state index in [2.05, 4.69) is 9.97 Å². The predicted molar refractivity (Wildman–Crippen MR) is 56.9 cm³/mol. The molecule has 2 N–H and O–H groups in total. The Hall–Kier alpha value is -1.19. The largest absolute Gasteiger partial charge is 0.323 e. The van der Waals surface area contributed by atoms with Crippen LogP contribution < -0.4 is 5.69 Å². The molecule has 0 aliphatic rings. The lowest BCUT2D eigenvalue weighted by molar-refractivity contribution is 1.19. The van der Waals surface area contributed by atoms with Crippen molar-refractivity contribution >= 4 is 23.2 Å². The molecule has 2 aromatic rings. The Bertz CT molecular complexity index is 516. The van der Waals surface area contributed by atoms with E-state index in [1.165, 1.54) is 0 Å². The van der Waals surface area contributed by atoms with E-state index in [4.69, 9.17) is 23.2 Å². The number of imidazole rings is 1. The average Bonchev–Trinajstić information content (AvgIpc) is 2.51. The van der Waals surface area contributed by atoms with Gasteiger partial charge < -0.3 is 9.97 Å². The van der Waals surface area contributed by atoms with Crippen molar-refractivity contribution < 1.29 is 0 Å². The second kappa shape index (κ2) is 3.52. The van der Waals surface area contributed by atoms with Crippen molar-refractivity contribution in [1.29, 1.82) is 0 Å². The maximum absolute atomic E-state index is 10.9. The van der Waals surface area contributed by atoms with E-state index in [1.54, 1.807) is 24.4 Å². The first-order valence-electron chi connectivity index (χ1n) is 3.90. The van der Waals surface area contributed by atoms with Crippen LogP contribution >= 0.6 is 23.2 Å². The van der Waals surface area contributed by atoms with E-state index in [9.17, 15) is 4.79 Å². The minimum Gasteiger partial charge on any atom is -0.312 e. The predicted octanol–water partition coefficient (Wildman–Crippen LogP) is 2.68. The minimum absolute atomic E-state index is 0.258. The molecule has 0 aliphatic carbocycles. The van der Waals surface area contributed by atoms with Crippen LogP contribution in [0.5, 0.6) is 0 Å². The van der Waals surface area contributed by atoms with Gasteiger partial charge in [0.05, 0.1) is 10.7 Å². The van der Waals surface area contributed by atoms with Gasteiger partial charge in [-0.15, -0.1) is 0 Å². The zero-order valence-corrected chi connectivity index (χ0v) is 8.49. The van der Waals surface area contributed by atoms with Gasteiger partial charge in [0, 0.05) is 16.8 Å². The van der Waals surface area contributed by atoms with Crippen LogP contribution in [0.3, 0.4) is 0 Å². The smallest absolute Gasteiger partial charge is 0.312 e. The van der Waals surface area contributed by atoms with Gasteiger partial charge in [-0.25, -0.2) is 4.79 Å². The lowest BCUT2D eigenvalue weighted by atomic mass is 10.2. The molecule has 72 valence electrons. The molecule has 0 aliphatic heterocycles. The number of aromatic amines is 2. The highest BCUT2D eigenvalue weighted by Gasteiger charge is 2.05. The highest BCUT2D eigenvalue weighted by molar-refractivity contribution is 6.36. The van der Waals surface area contributed by atoms with Crippen LogP contribution in [0.15, 0.2) is 29.2 Å². The summed E-state index contributed by atoms with van der Waals surface area (Å²) >= 11 is 11.7. The van der Waals surface area contributed by atoms with Crippen molar-refractivity contribution in [1.82, 2.24) is 9.97 Å². The third kappa shape index (κ3) is 1.69. The summed E-state index contributed by atoms with van der Waals surface area (Å²) in [7, 11) is 0. The van der Waals surface area contributed by atoms with Crippen molar-refractivity contribution in [3.8, 4) is 11.3 Å². The minimum atomic E-state index is -0.258. The molecule has 0 saturated carbocycles. The molecule has 0 saturated heterocycles. The van der Waals surface area contributed by atoms with Crippen LogP contribution in [0.4, 0.5) is 0 Å². The van der Waals surface area contributed by atoms with Crippen molar-refractivity contribution in [3.63, 3.8) is 0 Å². The Balaban J connectivity index is 2.57. The molecule has 0 radical (unpaired) electrons. The van der Waals surface area contributed by atoms with E-state index in [1.807, 2.05) is 0 Å². The summed E-state index contributed by atoms with van der Waals surface area (Å²) in [6, 6.07) is 5.10. The van der Waals surface area contributed by atoms with E-state index in [-0.39, 0.29) is 5.69 Å². The molecule has 1 aromatic heterocycles. The third-order valence-corrected chi connectivity index (χ3v) is 2.36. The van der Waals surface area contributed by atoms with Gasteiger partial charge >= 0.3 is 5.69 Å². The first-order chi connectivity index (χ1) is 6.66. The lowest BCUT2D eigenvalue weighted by Gasteiger charge is -2.00. The lowest BCUT2D eigenvalue weighted by Crippen LogP contribution is -1.99. The third-order valence-electron chi connectivity index (χ3n) is 1.82. The van der Waals surface area contributed by atoms with E-state index < -0.39 is 0 Å². The maximum Gasteiger partial charge on any atom is 0.323 e. The fourth-order valence-electron chi connectivity index (χ4n) is 1.19. The van der Waals surface area contributed by atoms with Gasteiger partial charge in [-0.1, -0.05) is 23.2 Å². The zero-order chi connectivity index (χ0) is 10.1. The second-order valence-electron chi connectivity index (χ2n) is 2.78. The van der Waals surface area contributed by atoms with Gasteiger partial charge in [0.25, 0.3) is 0 Å². The van der Waals surface area contributed by atoms with Gasteiger partial charge in [-0.05, 0) is 18.2 Å². The van der Waals surface area contributed by atoms with Gasteiger partial charge in [-0.3, -0.25) is 0 Å². The Kier molecular flexibility index (Phi) is 2.35. The number of H-pyrrole nitrogens is 2. The van der Waals surface area contributed by atoms with E-state index in [0.29, 0.717) is 15.7 Å². The van der Waals surface area contributed by atoms with Crippen molar-refractivity contribution in [3.05, 3.63) is 44.9 Å². The zero-order valence-electron chi connectivity index (χ0n) is 6.97. The van der Waals surface area contributed by atoms with Gasteiger partial charge in [0.1, 0.15) is 0 Å². The molecule has 1 heterocycles. The van der Waals surface area contributed by atoms with Crippen molar-refractivity contribution in [2.75, 3.05) is 0 Å². The Morgan fingerprint density at radius 3 is 2.57 bits per heavy atom. The van der Waals surface area contributed by atoms with Gasteiger partial charge in [-0.2, -0.15) is 0 Å². The molecule has 1 aromatic carbocycles. The molecule has 0 atom stereocenters. The average molecular weight is 229 g/mol. The molecule has 2 rings (SSSR count). The van der Waals surface area contributed by atoms with Crippen LogP contribution in [-0.2, 0) is 0 Å². The quantitative estimate of drug-likeness (QED) is 0.775. The summed E-state index contributed by atoms with van der Waals surface area (Å²) in [5.74, 6) is 0. The van der Waals surface area contributed by atoms with Gasteiger partial charge in [0.15, 0.2) is 0 Å². The first kappa shape index (κ1) is 9.37. The first-order valence-corrected chi connectivity index (χ1v) is 4.65. The number of rotatable bonds is 1. The van der Waals surface area contributed by atoms with E-state index in [0.717, 1.165) is 5.56 Å². The van der Waals surface area contributed by atoms with Crippen LogP contribution in [0.25, 0.3) is 11.3 Å². The van der Waals surface area contributed by atoms with Crippen LogP contribution in [0.2, 0.25) is 10.0 Å². The molecule has 0 amide bonds. The highest BCUT2D eigenvalue weighted by Crippen LogP contribution is 2.27. The topological polar surface area (TPSA) is 48.6 Å². The summed E-state index contributed by atoms with van der Waals surface area (Å²) in [5, 5.41) is 1.07. The molecular weight excluding hydrogens is 223 g/mol. The molecule has 3 nitrogen and oxygen atoms in total. The summed E-state index contributed by atoms with van der Waals surface area (Å²) in [5.41, 5.74) is 1.14. The number of nitrogens with one attached hydrogen (secondary N) is 2. The molecule has 14 heavy (non-hydrogen) atoms. The Morgan fingerprint density at radius 1 is 1.21 bits per heavy atom. The highest BCUT2D eigenvalue weighted by atomic mass is 35.5. The van der Waals surface area contributed by atoms with Crippen LogP contribution in [-0.4, -0.2) is 9.97 Å². The number of hydrogen-bond donors (Lipinski definition) is 2. The molecule has 0 unspecified atom stereocenters. The summed E-state index contributed by atoms with van der Waals surface area (Å²) in [6.45, 7) is 0. The molecule has 0 fully saturated rings. The Labute approximate surface area is 89.7 Å². The van der Waals surface area contributed by atoms with Crippen molar-refractivity contribution in [2.24, 2.45) is 0 Å². The second-order valence-corrected chi connectivity index (χ2v) is 3.62. The molecule has 0 bridgehead atoms. The molecule has 5 heteroatoms. The number of hydrogen-bond acceptors (Lipinski definition) is 1. The van der Waals surface area contributed by atoms with Gasteiger partial charge in [0.2, 0.25) is 0 Å². The summed E-state index contributed by atoms with van der Waals surface area (Å²) < 4.78 is 0. The molecule has 0 spiro atoms. The fourth-order valence-corrected chi connectivity index (χ4v) is 1.70. The Morgan fingerprint density at radius 2 is 2.00 bits per heavy atom. The number of aromatic nitrogens is 2. The maximum atomic E-state index is 10.9. The summed E-state index contributed by atoms with van der Waals surface area (Å²) in [4.78, 5) is 16.0. The standard InChI is InChI=1S/C9H6Cl2N2O/c10-5-1-2-6(7(11)3-5)8-4-12-9(14)13-8/h1-4H,(H2,12,13,14). The van der Waals surface area contributed by atoms with Crippen LogP contribution in [0.1, 0.15) is 0 Å². The number of benzene rings is 1. The van der Waals surface area contributed by atoms with E-state index >= 15 is 0 Å².